The lowest BCUT2D eigenvalue weighted by Crippen LogP contribution is -2.38. The summed E-state index contributed by atoms with van der Waals surface area (Å²) in [5, 5.41) is 0. The van der Waals surface area contributed by atoms with Gasteiger partial charge in [0.1, 0.15) is 0 Å². The van der Waals surface area contributed by atoms with Crippen molar-refractivity contribution in [2.24, 2.45) is 11.3 Å². The third kappa shape index (κ3) is 3.29. The van der Waals surface area contributed by atoms with Gasteiger partial charge in [-0.2, -0.15) is 0 Å². The van der Waals surface area contributed by atoms with Gasteiger partial charge in [0.2, 0.25) is 5.91 Å². The van der Waals surface area contributed by atoms with Gasteiger partial charge in [0.05, 0.1) is 12.5 Å². The van der Waals surface area contributed by atoms with Crippen LogP contribution in [0.25, 0.3) is 0 Å². The van der Waals surface area contributed by atoms with Crippen molar-refractivity contribution in [3.63, 3.8) is 0 Å². The molecular weight excluding hydrogens is 178 g/mol. The lowest BCUT2D eigenvalue weighted by Gasteiger charge is -2.28. The van der Waals surface area contributed by atoms with Crippen molar-refractivity contribution in [3.8, 4) is 0 Å². The van der Waals surface area contributed by atoms with Crippen LogP contribution in [0.3, 0.4) is 0 Å². The summed E-state index contributed by atoms with van der Waals surface area (Å²) in [5.74, 6) is 0.333. The van der Waals surface area contributed by atoms with E-state index in [0.717, 1.165) is 19.6 Å². The SMILES string of the molecule is CN(CC(C)(C)C)C(=O)[C@@H]1CCOC1. The first-order chi connectivity index (χ1) is 6.40. The molecule has 0 N–H and O–H groups in total. The van der Waals surface area contributed by atoms with Crippen LogP contribution in [0.4, 0.5) is 0 Å². The molecule has 0 bridgehead atoms. The number of carbonyl (C=O) groups is 1. The van der Waals surface area contributed by atoms with Gasteiger partial charge in [-0.25, -0.2) is 0 Å². The second-order valence-corrected chi connectivity index (χ2v) is 5.32. The zero-order chi connectivity index (χ0) is 10.8. The predicted octanol–water partition coefficient (Wildman–Crippen LogP) is 1.53. The van der Waals surface area contributed by atoms with Crippen LogP contribution in [-0.4, -0.2) is 37.6 Å². The standard InChI is InChI=1S/C11H21NO2/c1-11(2,3)8-12(4)10(13)9-5-6-14-7-9/h9H,5-8H2,1-4H3/t9-/m1/s1. The molecule has 1 saturated heterocycles. The minimum Gasteiger partial charge on any atom is -0.381 e. The number of ether oxygens (including phenoxy) is 1. The molecule has 1 aliphatic heterocycles. The highest BCUT2D eigenvalue weighted by Crippen LogP contribution is 2.19. The third-order valence-electron chi connectivity index (χ3n) is 2.37. The molecule has 3 nitrogen and oxygen atoms in total. The first-order valence-electron chi connectivity index (χ1n) is 5.23. The summed E-state index contributed by atoms with van der Waals surface area (Å²) in [7, 11) is 1.88. The third-order valence-corrected chi connectivity index (χ3v) is 2.37. The van der Waals surface area contributed by atoms with Crippen LogP contribution in [0.15, 0.2) is 0 Å². The van der Waals surface area contributed by atoms with Gasteiger partial charge in [-0.05, 0) is 11.8 Å². The molecule has 1 aliphatic rings. The number of amides is 1. The van der Waals surface area contributed by atoms with Gasteiger partial charge < -0.3 is 9.64 Å². The Morgan fingerprint density at radius 1 is 1.50 bits per heavy atom. The minimum absolute atomic E-state index is 0.0994. The quantitative estimate of drug-likeness (QED) is 0.675. The lowest BCUT2D eigenvalue weighted by molar-refractivity contribution is -0.135. The lowest BCUT2D eigenvalue weighted by atomic mass is 9.95. The second kappa shape index (κ2) is 4.30. The second-order valence-electron chi connectivity index (χ2n) is 5.32. The van der Waals surface area contributed by atoms with E-state index < -0.39 is 0 Å². The van der Waals surface area contributed by atoms with Gasteiger partial charge in [-0.1, -0.05) is 20.8 Å². The van der Waals surface area contributed by atoms with E-state index in [2.05, 4.69) is 20.8 Å². The normalized spacial score (nSPS) is 22.4. The maximum Gasteiger partial charge on any atom is 0.227 e. The molecular formula is C11H21NO2. The fraction of sp³-hybridized carbons (Fsp3) is 0.909. The first kappa shape index (κ1) is 11.5. The van der Waals surface area contributed by atoms with Gasteiger partial charge in [0.15, 0.2) is 0 Å². The molecule has 1 atom stereocenters. The Labute approximate surface area is 86.4 Å². The highest BCUT2D eigenvalue weighted by molar-refractivity contribution is 5.79. The molecule has 0 radical (unpaired) electrons. The Balaban J connectivity index is 2.43. The summed E-state index contributed by atoms with van der Waals surface area (Å²) in [6, 6.07) is 0. The Morgan fingerprint density at radius 3 is 2.57 bits per heavy atom. The summed E-state index contributed by atoms with van der Waals surface area (Å²) >= 11 is 0. The average Bonchev–Trinajstić information content (AvgIpc) is 2.51. The molecule has 0 aromatic heterocycles. The zero-order valence-electron chi connectivity index (χ0n) is 9.67. The molecule has 1 amide bonds. The Kier molecular flexibility index (Phi) is 3.53. The van der Waals surface area contributed by atoms with Crippen molar-refractivity contribution in [3.05, 3.63) is 0 Å². The first-order valence-corrected chi connectivity index (χ1v) is 5.23. The molecule has 14 heavy (non-hydrogen) atoms. The largest absolute Gasteiger partial charge is 0.381 e. The number of hydrogen-bond acceptors (Lipinski definition) is 2. The molecule has 3 heteroatoms. The van der Waals surface area contributed by atoms with E-state index in [1.54, 1.807) is 0 Å². The Morgan fingerprint density at radius 2 is 2.14 bits per heavy atom. The maximum absolute atomic E-state index is 11.9. The van der Waals surface area contributed by atoms with E-state index in [-0.39, 0.29) is 17.2 Å². The van der Waals surface area contributed by atoms with Crippen molar-refractivity contribution in [2.45, 2.75) is 27.2 Å². The number of hydrogen-bond donors (Lipinski definition) is 0. The highest BCUT2D eigenvalue weighted by atomic mass is 16.5. The van der Waals surface area contributed by atoms with Crippen LogP contribution in [0, 0.1) is 11.3 Å². The molecule has 82 valence electrons. The van der Waals surface area contributed by atoms with E-state index in [0.29, 0.717) is 6.61 Å². The topological polar surface area (TPSA) is 29.5 Å². The van der Waals surface area contributed by atoms with Crippen LogP contribution in [-0.2, 0) is 9.53 Å². The maximum atomic E-state index is 11.9. The fourth-order valence-electron chi connectivity index (χ4n) is 1.83. The van der Waals surface area contributed by atoms with E-state index >= 15 is 0 Å². The summed E-state index contributed by atoms with van der Waals surface area (Å²) in [4.78, 5) is 13.7. The van der Waals surface area contributed by atoms with Crippen LogP contribution in [0.2, 0.25) is 0 Å². The van der Waals surface area contributed by atoms with Gasteiger partial charge in [0, 0.05) is 20.2 Å². The monoisotopic (exact) mass is 199 g/mol. The summed E-state index contributed by atoms with van der Waals surface area (Å²) in [6.45, 7) is 8.57. The summed E-state index contributed by atoms with van der Waals surface area (Å²) < 4.78 is 5.21. The number of rotatable bonds is 2. The van der Waals surface area contributed by atoms with E-state index in [9.17, 15) is 4.79 Å². The Bertz CT molecular complexity index is 202. The smallest absolute Gasteiger partial charge is 0.227 e. The highest BCUT2D eigenvalue weighted by Gasteiger charge is 2.27. The van der Waals surface area contributed by atoms with Crippen molar-refractivity contribution >= 4 is 5.91 Å². The van der Waals surface area contributed by atoms with Crippen LogP contribution < -0.4 is 0 Å². The summed E-state index contributed by atoms with van der Waals surface area (Å²) in [6.07, 6.45) is 0.882. The molecule has 1 fully saturated rings. The Hall–Kier alpha value is -0.570. The average molecular weight is 199 g/mol. The van der Waals surface area contributed by atoms with E-state index in [4.69, 9.17) is 4.74 Å². The molecule has 1 rings (SSSR count). The van der Waals surface area contributed by atoms with Crippen molar-refractivity contribution in [1.82, 2.24) is 4.90 Å². The van der Waals surface area contributed by atoms with Gasteiger partial charge >= 0.3 is 0 Å². The summed E-state index contributed by atoms with van der Waals surface area (Å²) in [5.41, 5.74) is 0.171. The molecule has 0 aliphatic carbocycles. The number of carbonyl (C=O) groups excluding carboxylic acids is 1. The molecule has 0 aromatic rings. The van der Waals surface area contributed by atoms with Crippen LogP contribution in [0.1, 0.15) is 27.2 Å². The zero-order valence-corrected chi connectivity index (χ0v) is 9.67. The van der Waals surface area contributed by atoms with Crippen molar-refractivity contribution in [2.75, 3.05) is 26.8 Å². The van der Waals surface area contributed by atoms with Gasteiger partial charge in [-0.15, -0.1) is 0 Å². The van der Waals surface area contributed by atoms with Gasteiger partial charge in [0.25, 0.3) is 0 Å². The van der Waals surface area contributed by atoms with E-state index in [1.165, 1.54) is 0 Å². The fourth-order valence-corrected chi connectivity index (χ4v) is 1.83. The number of nitrogens with zero attached hydrogens (tertiary/aromatic N) is 1. The molecule has 0 unspecified atom stereocenters. The van der Waals surface area contributed by atoms with Crippen LogP contribution >= 0.6 is 0 Å². The molecule has 0 saturated carbocycles. The molecule has 0 spiro atoms. The van der Waals surface area contributed by atoms with Crippen LogP contribution in [0.5, 0.6) is 0 Å². The minimum atomic E-state index is 0.0994. The van der Waals surface area contributed by atoms with Gasteiger partial charge in [-0.3, -0.25) is 4.79 Å². The molecule has 0 aromatic carbocycles. The van der Waals surface area contributed by atoms with Crippen molar-refractivity contribution < 1.29 is 9.53 Å². The van der Waals surface area contributed by atoms with E-state index in [1.807, 2.05) is 11.9 Å². The van der Waals surface area contributed by atoms with Crippen molar-refractivity contribution in [1.29, 1.82) is 0 Å². The molecule has 1 heterocycles. The predicted molar refractivity (Wildman–Crippen MR) is 56.0 cm³/mol.